The first-order valence-electron chi connectivity index (χ1n) is 5.07. The van der Waals surface area contributed by atoms with Crippen molar-refractivity contribution in [2.75, 3.05) is 5.73 Å². The molecular weight excluding hydrogens is 300 g/mol. The molecule has 0 aliphatic rings. The van der Waals surface area contributed by atoms with Gasteiger partial charge in [0, 0.05) is 11.8 Å². The van der Waals surface area contributed by atoms with Crippen LogP contribution in [0.1, 0.15) is 5.56 Å². The second-order valence-electron chi connectivity index (χ2n) is 3.79. The van der Waals surface area contributed by atoms with Crippen LogP contribution in [-0.4, -0.2) is 4.98 Å². The van der Waals surface area contributed by atoms with E-state index in [1.165, 1.54) is 12.1 Å². The topological polar surface area (TPSA) is 38.9 Å². The Bertz CT molecular complexity index is 627. The lowest BCUT2D eigenvalue weighted by Crippen LogP contribution is -2.05. The van der Waals surface area contributed by atoms with Crippen molar-refractivity contribution >= 4 is 28.9 Å². The van der Waals surface area contributed by atoms with E-state index in [2.05, 4.69) is 4.98 Å². The summed E-state index contributed by atoms with van der Waals surface area (Å²) in [7, 11) is 0. The lowest BCUT2D eigenvalue weighted by Gasteiger charge is -2.10. The number of benzene rings is 1. The molecule has 0 aliphatic carbocycles. The van der Waals surface area contributed by atoms with Crippen molar-refractivity contribution in [2.24, 2.45) is 0 Å². The van der Waals surface area contributed by atoms with Crippen LogP contribution in [0.5, 0.6) is 0 Å². The van der Waals surface area contributed by atoms with Crippen molar-refractivity contribution in [3.05, 3.63) is 46.1 Å². The highest BCUT2D eigenvalue weighted by Crippen LogP contribution is 2.35. The number of hydrogen-bond donors (Lipinski definition) is 1. The highest BCUT2D eigenvalue weighted by atomic mass is 35.5. The zero-order chi connectivity index (χ0) is 14.2. The monoisotopic (exact) mass is 306 g/mol. The lowest BCUT2D eigenvalue weighted by atomic mass is 10.1. The molecule has 0 fully saturated rings. The van der Waals surface area contributed by atoms with Gasteiger partial charge in [0.25, 0.3) is 0 Å². The number of nitrogens with two attached hydrogens (primary N) is 1. The van der Waals surface area contributed by atoms with Crippen molar-refractivity contribution in [3.8, 4) is 11.3 Å². The number of nitrogens with zero attached hydrogens (tertiary/aromatic N) is 1. The highest BCUT2D eigenvalue weighted by Gasteiger charge is 2.31. The summed E-state index contributed by atoms with van der Waals surface area (Å²) in [6.45, 7) is 0. The Balaban J connectivity index is 2.49. The lowest BCUT2D eigenvalue weighted by molar-refractivity contribution is -0.137. The molecule has 2 aromatic rings. The van der Waals surface area contributed by atoms with Gasteiger partial charge in [0.05, 0.1) is 27.0 Å². The Morgan fingerprint density at radius 3 is 2.26 bits per heavy atom. The zero-order valence-electron chi connectivity index (χ0n) is 9.30. The average molecular weight is 307 g/mol. The number of anilines is 1. The van der Waals surface area contributed by atoms with Gasteiger partial charge in [-0.15, -0.1) is 0 Å². The first-order valence-corrected chi connectivity index (χ1v) is 5.83. The molecule has 0 unspecified atom stereocenters. The molecule has 2 nitrogen and oxygen atoms in total. The Morgan fingerprint density at radius 2 is 1.74 bits per heavy atom. The van der Waals surface area contributed by atoms with Gasteiger partial charge in [-0.05, 0) is 18.2 Å². The first-order chi connectivity index (χ1) is 8.79. The van der Waals surface area contributed by atoms with Crippen LogP contribution in [0, 0.1) is 0 Å². The Morgan fingerprint density at radius 1 is 1.05 bits per heavy atom. The Labute approximate surface area is 117 Å². The van der Waals surface area contributed by atoms with Gasteiger partial charge in [-0.2, -0.15) is 13.2 Å². The molecule has 1 aromatic carbocycles. The quantitative estimate of drug-likeness (QED) is 0.778. The van der Waals surface area contributed by atoms with Crippen LogP contribution in [0.15, 0.2) is 30.5 Å². The number of nitrogen functional groups attached to an aromatic ring is 1. The van der Waals surface area contributed by atoms with E-state index in [-0.39, 0.29) is 10.7 Å². The summed E-state index contributed by atoms with van der Waals surface area (Å²) < 4.78 is 37.4. The fourth-order valence-corrected chi connectivity index (χ4v) is 1.89. The number of pyridine rings is 1. The normalized spacial score (nSPS) is 11.6. The van der Waals surface area contributed by atoms with Gasteiger partial charge in [0.2, 0.25) is 0 Å². The van der Waals surface area contributed by atoms with Gasteiger partial charge in [-0.25, -0.2) is 0 Å². The van der Waals surface area contributed by atoms with Crippen LogP contribution in [-0.2, 0) is 6.18 Å². The molecule has 0 saturated carbocycles. The summed E-state index contributed by atoms with van der Waals surface area (Å²) >= 11 is 11.6. The molecule has 0 radical (unpaired) electrons. The summed E-state index contributed by atoms with van der Waals surface area (Å²) in [5, 5.41) is 0.253. The molecule has 7 heteroatoms. The molecule has 0 bridgehead atoms. The number of rotatable bonds is 1. The molecule has 0 amide bonds. The summed E-state index contributed by atoms with van der Waals surface area (Å²) in [4.78, 5) is 3.74. The summed E-state index contributed by atoms with van der Waals surface area (Å²) in [5.41, 5.74) is 5.75. The second-order valence-corrected chi connectivity index (χ2v) is 4.60. The molecule has 2 rings (SSSR count). The number of alkyl halides is 3. The molecule has 1 aromatic heterocycles. The van der Waals surface area contributed by atoms with E-state index < -0.39 is 11.7 Å². The van der Waals surface area contributed by atoms with E-state index in [1.54, 1.807) is 6.07 Å². The predicted molar refractivity (Wildman–Crippen MR) is 69.1 cm³/mol. The van der Waals surface area contributed by atoms with Crippen molar-refractivity contribution in [1.29, 1.82) is 0 Å². The van der Waals surface area contributed by atoms with Crippen LogP contribution < -0.4 is 5.73 Å². The molecular formula is C12H7Cl2F3N2. The molecule has 0 aliphatic heterocycles. The van der Waals surface area contributed by atoms with Gasteiger partial charge in [-0.1, -0.05) is 29.3 Å². The van der Waals surface area contributed by atoms with E-state index in [4.69, 9.17) is 28.9 Å². The summed E-state index contributed by atoms with van der Waals surface area (Å²) in [6.07, 6.45) is -3.75. The summed E-state index contributed by atoms with van der Waals surface area (Å²) in [5.74, 6) is 0. The van der Waals surface area contributed by atoms with Crippen molar-refractivity contribution in [3.63, 3.8) is 0 Å². The maximum absolute atomic E-state index is 12.5. The maximum Gasteiger partial charge on any atom is 0.417 e. The van der Waals surface area contributed by atoms with Crippen LogP contribution in [0.2, 0.25) is 10.0 Å². The third-order valence-electron chi connectivity index (χ3n) is 2.44. The first kappa shape index (κ1) is 14.0. The van der Waals surface area contributed by atoms with E-state index >= 15 is 0 Å². The zero-order valence-corrected chi connectivity index (χ0v) is 10.8. The minimum absolute atomic E-state index is 0.100. The van der Waals surface area contributed by atoms with Crippen LogP contribution >= 0.6 is 23.2 Å². The van der Waals surface area contributed by atoms with E-state index in [0.29, 0.717) is 16.3 Å². The van der Waals surface area contributed by atoms with Gasteiger partial charge in [0.1, 0.15) is 0 Å². The number of aromatic nitrogens is 1. The molecule has 0 atom stereocenters. The Kier molecular flexibility index (Phi) is 3.60. The molecule has 2 N–H and O–H groups in total. The minimum atomic E-state index is -4.48. The second kappa shape index (κ2) is 4.90. The van der Waals surface area contributed by atoms with Gasteiger partial charge < -0.3 is 5.73 Å². The molecule has 19 heavy (non-hydrogen) atoms. The SMILES string of the molecule is Nc1cc(-c2ncc(C(F)(F)F)cc2Cl)ccc1Cl. The van der Waals surface area contributed by atoms with Crippen molar-refractivity contribution in [2.45, 2.75) is 6.18 Å². The van der Waals surface area contributed by atoms with Crippen molar-refractivity contribution < 1.29 is 13.2 Å². The summed E-state index contributed by atoms with van der Waals surface area (Å²) in [6, 6.07) is 5.45. The Hall–Kier alpha value is -1.46. The van der Waals surface area contributed by atoms with Crippen LogP contribution in [0.25, 0.3) is 11.3 Å². The number of halogens is 5. The van der Waals surface area contributed by atoms with Gasteiger partial charge in [0.15, 0.2) is 0 Å². The standard InChI is InChI=1S/C12H7Cl2F3N2/c13-8-2-1-6(3-10(8)18)11-9(14)4-7(5-19-11)12(15,16)17/h1-5H,18H2. The van der Waals surface area contributed by atoms with Crippen molar-refractivity contribution in [1.82, 2.24) is 4.98 Å². The van der Waals surface area contributed by atoms with Crippen LogP contribution in [0.4, 0.5) is 18.9 Å². The van der Waals surface area contributed by atoms with Crippen LogP contribution in [0.3, 0.4) is 0 Å². The highest BCUT2D eigenvalue weighted by molar-refractivity contribution is 6.34. The molecule has 0 saturated heterocycles. The number of hydrogen-bond acceptors (Lipinski definition) is 2. The van der Waals surface area contributed by atoms with Gasteiger partial charge >= 0.3 is 6.18 Å². The van der Waals surface area contributed by atoms with E-state index in [9.17, 15) is 13.2 Å². The largest absolute Gasteiger partial charge is 0.417 e. The molecule has 100 valence electrons. The third-order valence-corrected chi connectivity index (χ3v) is 3.07. The molecule has 0 spiro atoms. The smallest absolute Gasteiger partial charge is 0.398 e. The predicted octanol–water partition coefficient (Wildman–Crippen LogP) is 4.66. The van der Waals surface area contributed by atoms with Gasteiger partial charge in [-0.3, -0.25) is 4.98 Å². The molecule has 1 heterocycles. The maximum atomic E-state index is 12.5. The average Bonchev–Trinajstić information content (AvgIpc) is 2.31. The fourth-order valence-electron chi connectivity index (χ4n) is 1.50. The third kappa shape index (κ3) is 2.93. The fraction of sp³-hybridized carbons (Fsp3) is 0.0833. The minimum Gasteiger partial charge on any atom is -0.398 e. The van der Waals surface area contributed by atoms with E-state index in [1.807, 2.05) is 0 Å². The van der Waals surface area contributed by atoms with E-state index in [0.717, 1.165) is 12.3 Å².